The molecule has 1 atom stereocenters. The lowest BCUT2D eigenvalue weighted by molar-refractivity contribution is -0.121. The molecule has 0 spiro atoms. The zero-order valence-corrected chi connectivity index (χ0v) is 11.0. The van der Waals surface area contributed by atoms with E-state index in [-0.39, 0.29) is 5.91 Å². The van der Waals surface area contributed by atoms with E-state index in [9.17, 15) is 4.79 Å². The molecule has 0 saturated carbocycles. The Morgan fingerprint density at radius 2 is 2.18 bits per heavy atom. The van der Waals surface area contributed by atoms with Gasteiger partial charge in [-0.3, -0.25) is 4.79 Å². The summed E-state index contributed by atoms with van der Waals surface area (Å²) < 4.78 is 2.14. The number of rotatable bonds is 7. The molecule has 1 heterocycles. The molecule has 2 N–H and O–H groups in total. The van der Waals surface area contributed by atoms with E-state index in [1.165, 1.54) is 5.69 Å². The maximum atomic E-state index is 11.4. The van der Waals surface area contributed by atoms with Gasteiger partial charge in [-0.2, -0.15) is 0 Å². The second kappa shape index (κ2) is 7.12. The first-order chi connectivity index (χ1) is 8.19. The number of aromatic nitrogens is 1. The predicted molar refractivity (Wildman–Crippen MR) is 69.8 cm³/mol. The minimum atomic E-state index is 0.114. The smallest absolute Gasteiger partial charge is 0.221 e. The average molecular weight is 237 g/mol. The quantitative estimate of drug-likeness (QED) is 0.758. The van der Waals surface area contributed by atoms with Crippen molar-refractivity contribution in [3.63, 3.8) is 0 Å². The number of carbonyl (C=O) groups is 1. The van der Waals surface area contributed by atoms with Crippen LogP contribution in [0.25, 0.3) is 0 Å². The lowest BCUT2D eigenvalue weighted by Gasteiger charge is -2.16. The third-order valence-corrected chi connectivity index (χ3v) is 2.77. The Kier molecular flexibility index (Phi) is 5.77. The van der Waals surface area contributed by atoms with Crippen LogP contribution in [0.2, 0.25) is 0 Å². The average Bonchev–Trinajstić information content (AvgIpc) is 2.75. The van der Waals surface area contributed by atoms with Crippen LogP contribution in [0.1, 0.15) is 38.9 Å². The monoisotopic (exact) mass is 237 g/mol. The van der Waals surface area contributed by atoms with Crippen LogP contribution < -0.4 is 10.6 Å². The number of aryl methyl sites for hydroxylation is 1. The van der Waals surface area contributed by atoms with Gasteiger partial charge in [0.25, 0.3) is 0 Å². The molecule has 1 aromatic heterocycles. The van der Waals surface area contributed by atoms with Crippen LogP contribution in [0, 0.1) is 0 Å². The molecule has 1 amide bonds. The summed E-state index contributed by atoms with van der Waals surface area (Å²) in [6, 6.07) is 4.45. The third-order valence-electron chi connectivity index (χ3n) is 2.77. The first-order valence-electron chi connectivity index (χ1n) is 6.34. The number of carbonyl (C=O) groups excluding carboxylic acids is 1. The van der Waals surface area contributed by atoms with E-state index in [1.807, 2.05) is 19.2 Å². The van der Waals surface area contributed by atoms with Gasteiger partial charge in [-0.1, -0.05) is 6.92 Å². The summed E-state index contributed by atoms with van der Waals surface area (Å²) in [5.74, 6) is 0.114. The van der Waals surface area contributed by atoms with E-state index in [2.05, 4.69) is 35.1 Å². The fourth-order valence-corrected chi connectivity index (χ4v) is 1.94. The lowest BCUT2D eigenvalue weighted by Crippen LogP contribution is -2.25. The van der Waals surface area contributed by atoms with Crippen LogP contribution >= 0.6 is 0 Å². The predicted octanol–water partition coefficient (Wildman–Crippen LogP) is 1.68. The molecule has 1 unspecified atom stereocenters. The molecule has 0 radical (unpaired) electrons. The summed E-state index contributed by atoms with van der Waals surface area (Å²) >= 11 is 0. The number of nitrogens with one attached hydrogen (secondary N) is 2. The largest absolute Gasteiger partial charge is 0.356 e. The topological polar surface area (TPSA) is 46.1 Å². The molecule has 17 heavy (non-hydrogen) atoms. The van der Waals surface area contributed by atoms with E-state index in [0.29, 0.717) is 19.0 Å². The fraction of sp³-hybridized carbons (Fsp3) is 0.615. The molecule has 0 aliphatic rings. The van der Waals surface area contributed by atoms with Crippen LogP contribution in [0.15, 0.2) is 18.3 Å². The molecular formula is C13H23N3O. The van der Waals surface area contributed by atoms with Gasteiger partial charge in [0.05, 0.1) is 0 Å². The van der Waals surface area contributed by atoms with Crippen LogP contribution in [0.4, 0.5) is 0 Å². The molecule has 0 bridgehead atoms. The van der Waals surface area contributed by atoms with Crippen molar-refractivity contribution >= 4 is 5.91 Å². The molecule has 0 aliphatic heterocycles. The highest BCUT2D eigenvalue weighted by Gasteiger charge is 2.09. The van der Waals surface area contributed by atoms with E-state index in [1.54, 1.807) is 0 Å². The van der Waals surface area contributed by atoms with Crippen molar-refractivity contribution in [3.05, 3.63) is 24.0 Å². The van der Waals surface area contributed by atoms with E-state index in [0.717, 1.165) is 13.1 Å². The first-order valence-corrected chi connectivity index (χ1v) is 6.34. The Morgan fingerprint density at radius 1 is 1.41 bits per heavy atom. The summed E-state index contributed by atoms with van der Waals surface area (Å²) in [6.45, 7) is 8.56. The molecule has 0 saturated heterocycles. The standard InChI is InChI=1S/C13H23N3O/c1-4-14-11(3)12-7-6-9-16(12)10-8-13(17)15-5-2/h6-7,9,11,14H,4-5,8,10H2,1-3H3,(H,15,17). The van der Waals surface area contributed by atoms with Crippen molar-refractivity contribution in [2.75, 3.05) is 13.1 Å². The van der Waals surface area contributed by atoms with E-state index in [4.69, 9.17) is 0 Å². The summed E-state index contributed by atoms with van der Waals surface area (Å²) in [6.07, 6.45) is 2.57. The van der Waals surface area contributed by atoms with Crippen LogP contribution in [0.5, 0.6) is 0 Å². The minimum Gasteiger partial charge on any atom is -0.356 e. The zero-order chi connectivity index (χ0) is 12.7. The van der Waals surface area contributed by atoms with Crippen LogP contribution in [0.3, 0.4) is 0 Å². The summed E-state index contributed by atoms with van der Waals surface area (Å²) in [4.78, 5) is 11.4. The van der Waals surface area contributed by atoms with Gasteiger partial charge in [0.15, 0.2) is 0 Å². The number of hydrogen-bond donors (Lipinski definition) is 2. The molecule has 4 heteroatoms. The number of amides is 1. The lowest BCUT2D eigenvalue weighted by atomic mass is 10.2. The summed E-state index contributed by atoms with van der Waals surface area (Å²) in [5.41, 5.74) is 1.23. The van der Waals surface area contributed by atoms with Crippen molar-refractivity contribution in [1.82, 2.24) is 15.2 Å². The summed E-state index contributed by atoms with van der Waals surface area (Å²) in [7, 11) is 0. The SMILES string of the molecule is CCNC(=O)CCn1cccc1C(C)NCC. The maximum absolute atomic E-state index is 11.4. The van der Waals surface area contributed by atoms with E-state index < -0.39 is 0 Å². The van der Waals surface area contributed by atoms with Crippen molar-refractivity contribution in [2.45, 2.75) is 39.8 Å². The highest BCUT2D eigenvalue weighted by atomic mass is 16.1. The Bertz CT molecular complexity index is 346. The fourth-order valence-electron chi connectivity index (χ4n) is 1.94. The van der Waals surface area contributed by atoms with Gasteiger partial charge in [0.2, 0.25) is 5.91 Å². The molecule has 4 nitrogen and oxygen atoms in total. The molecule has 0 aromatic carbocycles. The van der Waals surface area contributed by atoms with Crippen LogP contribution in [-0.2, 0) is 11.3 Å². The number of nitrogens with zero attached hydrogens (tertiary/aromatic N) is 1. The van der Waals surface area contributed by atoms with Gasteiger partial charge >= 0.3 is 0 Å². The Morgan fingerprint density at radius 3 is 2.82 bits per heavy atom. The Labute approximate surface area is 103 Å². The van der Waals surface area contributed by atoms with Gasteiger partial charge in [-0.15, -0.1) is 0 Å². The summed E-state index contributed by atoms with van der Waals surface area (Å²) in [5, 5.41) is 6.19. The molecular weight excluding hydrogens is 214 g/mol. The third kappa shape index (κ3) is 4.23. The van der Waals surface area contributed by atoms with Gasteiger partial charge in [-0.25, -0.2) is 0 Å². The Balaban J connectivity index is 2.54. The maximum Gasteiger partial charge on any atom is 0.221 e. The minimum absolute atomic E-state index is 0.114. The van der Waals surface area contributed by atoms with Crippen molar-refractivity contribution < 1.29 is 4.79 Å². The van der Waals surface area contributed by atoms with E-state index >= 15 is 0 Å². The molecule has 0 aliphatic carbocycles. The van der Waals surface area contributed by atoms with Gasteiger partial charge in [0.1, 0.15) is 0 Å². The second-order valence-corrected chi connectivity index (χ2v) is 4.11. The molecule has 0 fully saturated rings. The molecule has 1 rings (SSSR count). The number of hydrogen-bond acceptors (Lipinski definition) is 2. The Hall–Kier alpha value is -1.29. The highest BCUT2D eigenvalue weighted by Crippen LogP contribution is 2.13. The van der Waals surface area contributed by atoms with Crippen molar-refractivity contribution in [1.29, 1.82) is 0 Å². The van der Waals surface area contributed by atoms with Gasteiger partial charge in [-0.05, 0) is 32.5 Å². The highest BCUT2D eigenvalue weighted by molar-refractivity contribution is 5.75. The van der Waals surface area contributed by atoms with Gasteiger partial charge < -0.3 is 15.2 Å². The second-order valence-electron chi connectivity index (χ2n) is 4.11. The van der Waals surface area contributed by atoms with Crippen molar-refractivity contribution in [3.8, 4) is 0 Å². The first kappa shape index (κ1) is 13.8. The van der Waals surface area contributed by atoms with Crippen molar-refractivity contribution in [2.24, 2.45) is 0 Å². The molecule has 1 aromatic rings. The van der Waals surface area contributed by atoms with Gasteiger partial charge in [0, 0.05) is 37.4 Å². The van der Waals surface area contributed by atoms with Crippen LogP contribution in [-0.4, -0.2) is 23.6 Å². The zero-order valence-electron chi connectivity index (χ0n) is 11.0. The molecule has 96 valence electrons. The normalized spacial score (nSPS) is 12.4.